The van der Waals surface area contributed by atoms with E-state index in [4.69, 9.17) is 4.74 Å². The van der Waals surface area contributed by atoms with Crippen molar-refractivity contribution in [3.05, 3.63) is 24.4 Å². The number of rotatable bonds is 2. The lowest BCUT2D eigenvalue weighted by molar-refractivity contribution is 0.114. The predicted molar refractivity (Wildman–Crippen MR) is 51.2 cm³/mol. The van der Waals surface area contributed by atoms with Crippen LogP contribution in [0.2, 0.25) is 0 Å². The Labute approximate surface area is 78.7 Å². The van der Waals surface area contributed by atoms with Gasteiger partial charge in [0.15, 0.2) is 0 Å². The van der Waals surface area contributed by atoms with Gasteiger partial charge >= 0.3 is 6.09 Å². The summed E-state index contributed by atoms with van der Waals surface area (Å²) in [5, 5.41) is 0. The third-order valence-electron chi connectivity index (χ3n) is 1.95. The summed E-state index contributed by atoms with van der Waals surface area (Å²) in [5.41, 5.74) is 0. The molecule has 0 aromatic heterocycles. The molecule has 1 aliphatic heterocycles. The zero-order chi connectivity index (χ0) is 9.68. The molecule has 1 aliphatic rings. The Hall–Kier alpha value is -1.25. The molecule has 0 aromatic rings. The van der Waals surface area contributed by atoms with Gasteiger partial charge in [-0.1, -0.05) is 19.1 Å². The van der Waals surface area contributed by atoms with E-state index in [1.54, 1.807) is 11.1 Å². The second-order valence-corrected chi connectivity index (χ2v) is 2.81. The van der Waals surface area contributed by atoms with Gasteiger partial charge in [-0.2, -0.15) is 0 Å². The van der Waals surface area contributed by atoms with Crippen LogP contribution in [0.4, 0.5) is 4.79 Å². The Balaban J connectivity index is 2.61. The van der Waals surface area contributed by atoms with Gasteiger partial charge in [0.05, 0.1) is 12.6 Å². The second-order valence-electron chi connectivity index (χ2n) is 2.81. The first-order valence-electron chi connectivity index (χ1n) is 4.59. The summed E-state index contributed by atoms with van der Waals surface area (Å²) in [7, 11) is 0. The van der Waals surface area contributed by atoms with Gasteiger partial charge in [0, 0.05) is 6.20 Å². The Morgan fingerprint density at radius 3 is 2.85 bits per heavy atom. The van der Waals surface area contributed by atoms with E-state index < -0.39 is 0 Å². The molecule has 0 saturated heterocycles. The van der Waals surface area contributed by atoms with Crippen molar-refractivity contribution < 1.29 is 9.53 Å². The Bertz CT molecular complexity index is 233. The van der Waals surface area contributed by atoms with Crippen LogP contribution in [-0.2, 0) is 4.74 Å². The zero-order valence-electron chi connectivity index (χ0n) is 8.06. The smallest absolute Gasteiger partial charge is 0.414 e. The normalized spacial score (nSPS) is 20.5. The van der Waals surface area contributed by atoms with E-state index in [0.717, 1.165) is 6.42 Å². The van der Waals surface area contributed by atoms with Crippen LogP contribution in [-0.4, -0.2) is 23.6 Å². The monoisotopic (exact) mass is 181 g/mol. The van der Waals surface area contributed by atoms with Crippen molar-refractivity contribution in [2.24, 2.45) is 0 Å². The van der Waals surface area contributed by atoms with Crippen molar-refractivity contribution in [3.8, 4) is 0 Å². The van der Waals surface area contributed by atoms with Crippen LogP contribution < -0.4 is 0 Å². The fourth-order valence-electron chi connectivity index (χ4n) is 1.27. The molecule has 13 heavy (non-hydrogen) atoms. The molecule has 0 aromatic carbocycles. The Kier molecular flexibility index (Phi) is 3.55. The third-order valence-corrected chi connectivity index (χ3v) is 1.95. The number of carbonyl (C=O) groups is 1. The predicted octanol–water partition coefficient (Wildman–Crippen LogP) is 2.31. The highest BCUT2D eigenvalue weighted by atomic mass is 16.6. The van der Waals surface area contributed by atoms with Crippen molar-refractivity contribution >= 4 is 6.09 Å². The molecular weight excluding hydrogens is 166 g/mol. The first-order chi connectivity index (χ1) is 6.29. The average molecular weight is 181 g/mol. The first kappa shape index (κ1) is 9.84. The van der Waals surface area contributed by atoms with Crippen LogP contribution in [0.5, 0.6) is 0 Å². The van der Waals surface area contributed by atoms with Gasteiger partial charge in [-0.3, -0.25) is 4.90 Å². The van der Waals surface area contributed by atoms with Crippen LogP contribution in [0.3, 0.4) is 0 Å². The van der Waals surface area contributed by atoms with Gasteiger partial charge in [0.2, 0.25) is 0 Å². The highest BCUT2D eigenvalue weighted by molar-refractivity contribution is 5.70. The van der Waals surface area contributed by atoms with E-state index in [2.05, 4.69) is 0 Å². The van der Waals surface area contributed by atoms with Crippen LogP contribution in [0.15, 0.2) is 24.4 Å². The van der Waals surface area contributed by atoms with Crippen molar-refractivity contribution in [3.63, 3.8) is 0 Å². The van der Waals surface area contributed by atoms with E-state index >= 15 is 0 Å². The summed E-state index contributed by atoms with van der Waals surface area (Å²) in [4.78, 5) is 13.0. The molecule has 3 heteroatoms. The summed E-state index contributed by atoms with van der Waals surface area (Å²) >= 11 is 0. The maximum absolute atomic E-state index is 11.4. The largest absolute Gasteiger partial charge is 0.449 e. The first-order valence-corrected chi connectivity index (χ1v) is 4.59. The number of hydrogen-bond acceptors (Lipinski definition) is 2. The maximum Gasteiger partial charge on any atom is 0.414 e. The van der Waals surface area contributed by atoms with Gasteiger partial charge in [0.1, 0.15) is 0 Å². The molecule has 0 radical (unpaired) electrons. The minimum Gasteiger partial charge on any atom is -0.449 e. The third kappa shape index (κ3) is 2.34. The molecule has 1 rings (SSSR count). The van der Waals surface area contributed by atoms with E-state index in [0.29, 0.717) is 6.61 Å². The molecule has 72 valence electrons. The molecule has 0 fully saturated rings. The van der Waals surface area contributed by atoms with Gasteiger partial charge in [-0.15, -0.1) is 0 Å². The minimum absolute atomic E-state index is 0.143. The number of allylic oxidation sites excluding steroid dienone is 2. The number of carbonyl (C=O) groups excluding carboxylic acids is 1. The number of amides is 1. The van der Waals surface area contributed by atoms with Crippen molar-refractivity contribution in [1.82, 2.24) is 4.90 Å². The second kappa shape index (κ2) is 4.70. The molecule has 0 N–H and O–H groups in total. The van der Waals surface area contributed by atoms with E-state index in [1.165, 1.54) is 0 Å². The Morgan fingerprint density at radius 2 is 2.23 bits per heavy atom. The zero-order valence-corrected chi connectivity index (χ0v) is 8.06. The topological polar surface area (TPSA) is 29.5 Å². The number of hydrogen-bond donors (Lipinski definition) is 0. The summed E-state index contributed by atoms with van der Waals surface area (Å²) in [6, 6.07) is 0.143. The van der Waals surface area contributed by atoms with Crippen molar-refractivity contribution in [1.29, 1.82) is 0 Å². The SMILES string of the molecule is CCOC(=O)N1C=CC=CC1CC. The van der Waals surface area contributed by atoms with Crippen LogP contribution in [0.1, 0.15) is 20.3 Å². The van der Waals surface area contributed by atoms with Gasteiger partial charge < -0.3 is 4.74 Å². The standard InChI is InChI=1S/C10H15NO2/c1-3-9-7-5-6-8-11(9)10(12)13-4-2/h5-9H,3-4H2,1-2H3. The van der Waals surface area contributed by atoms with E-state index in [9.17, 15) is 4.79 Å². The summed E-state index contributed by atoms with van der Waals surface area (Å²) in [6.45, 7) is 4.27. The molecule has 0 saturated carbocycles. The fourth-order valence-corrected chi connectivity index (χ4v) is 1.27. The lowest BCUT2D eigenvalue weighted by atomic mass is 10.1. The summed E-state index contributed by atoms with van der Waals surface area (Å²) < 4.78 is 4.92. The van der Waals surface area contributed by atoms with Gasteiger partial charge in [0.25, 0.3) is 0 Å². The molecule has 0 spiro atoms. The van der Waals surface area contributed by atoms with Crippen LogP contribution in [0, 0.1) is 0 Å². The van der Waals surface area contributed by atoms with E-state index in [1.807, 2.05) is 32.1 Å². The molecule has 0 aliphatic carbocycles. The average Bonchev–Trinajstić information content (AvgIpc) is 2.18. The van der Waals surface area contributed by atoms with E-state index in [-0.39, 0.29) is 12.1 Å². The number of ether oxygens (including phenoxy) is 1. The molecule has 0 bridgehead atoms. The molecule has 1 unspecified atom stereocenters. The highest BCUT2D eigenvalue weighted by Crippen LogP contribution is 2.12. The lowest BCUT2D eigenvalue weighted by Gasteiger charge is -2.26. The molecule has 3 nitrogen and oxygen atoms in total. The number of nitrogens with zero attached hydrogens (tertiary/aromatic N) is 1. The molecule has 1 heterocycles. The van der Waals surface area contributed by atoms with Gasteiger partial charge in [-0.25, -0.2) is 4.79 Å². The van der Waals surface area contributed by atoms with Crippen LogP contribution in [0.25, 0.3) is 0 Å². The van der Waals surface area contributed by atoms with Crippen molar-refractivity contribution in [2.75, 3.05) is 6.61 Å². The molecular formula is C10H15NO2. The fraction of sp³-hybridized carbons (Fsp3) is 0.500. The van der Waals surface area contributed by atoms with Gasteiger partial charge in [-0.05, 0) is 19.4 Å². The Morgan fingerprint density at radius 1 is 1.46 bits per heavy atom. The molecule has 1 amide bonds. The minimum atomic E-state index is -0.269. The quantitative estimate of drug-likeness (QED) is 0.654. The maximum atomic E-state index is 11.4. The van der Waals surface area contributed by atoms with Crippen LogP contribution >= 0.6 is 0 Å². The molecule has 1 atom stereocenters. The summed E-state index contributed by atoms with van der Waals surface area (Å²) in [5.74, 6) is 0. The lowest BCUT2D eigenvalue weighted by Crippen LogP contribution is -2.36. The highest BCUT2D eigenvalue weighted by Gasteiger charge is 2.20. The summed E-state index contributed by atoms with van der Waals surface area (Å²) in [6.07, 6.45) is 8.17. The van der Waals surface area contributed by atoms with Crippen molar-refractivity contribution in [2.45, 2.75) is 26.3 Å².